The Balaban J connectivity index is 1.44. The first-order chi connectivity index (χ1) is 14.1. The van der Waals surface area contributed by atoms with Crippen molar-refractivity contribution < 1.29 is 4.39 Å². The van der Waals surface area contributed by atoms with E-state index in [4.69, 9.17) is 0 Å². The van der Waals surface area contributed by atoms with Gasteiger partial charge < -0.3 is 4.90 Å². The number of halogens is 1. The molecule has 2 unspecified atom stereocenters. The van der Waals surface area contributed by atoms with Crippen molar-refractivity contribution in [3.63, 3.8) is 0 Å². The van der Waals surface area contributed by atoms with Crippen LogP contribution >= 0.6 is 0 Å². The number of aromatic nitrogens is 3. The van der Waals surface area contributed by atoms with Gasteiger partial charge in [-0.3, -0.25) is 19.3 Å². The van der Waals surface area contributed by atoms with E-state index in [-0.39, 0.29) is 30.0 Å². The summed E-state index contributed by atoms with van der Waals surface area (Å²) in [4.78, 5) is 27.3. The van der Waals surface area contributed by atoms with Crippen LogP contribution in [0.5, 0.6) is 0 Å². The van der Waals surface area contributed by atoms with Crippen molar-refractivity contribution in [2.45, 2.75) is 18.6 Å². The lowest BCUT2D eigenvalue weighted by molar-refractivity contribution is 0.446. The van der Waals surface area contributed by atoms with Crippen LogP contribution < -0.4 is 5.56 Å². The first-order valence-corrected chi connectivity index (χ1v) is 9.33. The zero-order chi connectivity index (χ0) is 20.0. The fourth-order valence-electron chi connectivity index (χ4n) is 3.76. The minimum atomic E-state index is -0.350. The minimum Gasteiger partial charge on any atom is -0.357 e. The molecule has 0 bridgehead atoms. The van der Waals surface area contributed by atoms with Crippen LogP contribution in [0.1, 0.15) is 11.1 Å². The van der Waals surface area contributed by atoms with Crippen LogP contribution in [-0.4, -0.2) is 44.9 Å². The Labute approximate surface area is 166 Å². The summed E-state index contributed by atoms with van der Waals surface area (Å²) >= 11 is 0. The molecule has 3 aromatic rings. The van der Waals surface area contributed by atoms with Gasteiger partial charge in [0.25, 0.3) is 5.56 Å². The van der Waals surface area contributed by atoms with Gasteiger partial charge >= 0.3 is 0 Å². The Kier molecular flexibility index (Phi) is 4.08. The van der Waals surface area contributed by atoms with Crippen LogP contribution in [-0.2, 0) is 6.54 Å². The van der Waals surface area contributed by atoms with E-state index >= 15 is 0 Å². The van der Waals surface area contributed by atoms with E-state index in [2.05, 4.69) is 21.0 Å². The number of allylic oxidation sites excluding steroid dienone is 2. The molecule has 0 N–H and O–H groups in total. The second kappa shape index (κ2) is 6.77. The van der Waals surface area contributed by atoms with Crippen LogP contribution in [0, 0.1) is 5.82 Å². The first-order valence-electron chi connectivity index (χ1n) is 9.33. The molecule has 0 radical (unpaired) electrons. The average molecular weight is 387 g/mol. The lowest BCUT2D eigenvalue weighted by atomic mass is 9.93. The molecular weight excluding hydrogens is 369 g/mol. The Bertz CT molecular complexity index is 1260. The predicted octanol–water partition coefficient (Wildman–Crippen LogP) is 2.64. The van der Waals surface area contributed by atoms with Crippen LogP contribution in [0.2, 0.25) is 0 Å². The summed E-state index contributed by atoms with van der Waals surface area (Å²) in [6.07, 6.45) is 12.5. The van der Waals surface area contributed by atoms with Gasteiger partial charge in [0.1, 0.15) is 5.82 Å². The number of aliphatic imine (C=N–C) groups is 1. The van der Waals surface area contributed by atoms with E-state index in [0.717, 1.165) is 11.1 Å². The van der Waals surface area contributed by atoms with Gasteiger partial charge in [-0.15, -0.1) is 0 Å². The van der Waals surface area contributed by atoms with Gasteiger partial charge in [0, 0.05) is 18.8 Å². The lowest BCUT2D eigenvalue weighted by Gasteiger charge is -2.24. The molecule has 2 aliphatic rings. The number of likely N-dealkylation sites (N-methyl/N-ethyl adjacent to an activating group) is 1. The second-order valence-electron chi connectivity index (χ2n) is 7.27. The Morgan fingerprint density at radius 1 is 1.24 bits per heavy atom. The van der Waals surface area contributed by atoms with Crippen LogP contribution in [0.15, 0.2) is 71.0 Å². The molecule has 0 saturated carbocycles. The molecule has 1 aromatic carbocycles. The van der Waals surface area contributed by atoms with Crippen molar-refractivity contribution in [3.05, 3.63) is 88.5 Å². The molecule has 2 aromatic heterocycles. The molecule has 0 amide bonds. The standard InChI is InChI=1S/C22H18FN5O/c1-27-12-25-19-5-4-15(9-21(19)27)14-2-3-16(18(23)8-14)11-28-13-26-20-10-24-7-6-17(20)22(28)29/h2-10,12-13,19,21H,11H2,1H3. The first kappa shape index (κ1) is 17.5. The fraction of sp³-hybridized carbons (Fsp3) is 0.182. The third-order valence-corrected chi connectivity index (χ3v) is 5.42. The average Bonchev–Trinajstić information content (AvgIpc) is 3.12. The summed E-state index contributed by atoms with van der Waals surface area (Å²) in [6, 6.07) is 7.03. The predicted molar refractivity (Wildman–Crippen MR) is 110 cm³/mol. The highest BCUT2D eigenvalue weighted by molar-refractivity contribution is 5.78. The molecule has 1 aliphatic heterocycles. The number of nitrogens with zero attached hydrogens (tertiary/aromatic N) is 5. The Morgan fingerprint density at radius 2 is 2.14 bits per heavy atom. The van der Waals surface area contributed by atoms with E-state index in [1.165, 1.54) is 17.0 Å². The number of pyridine rings is 1. The zero-order valence-corrected chi connectivity index (χ0v) is 15.7. The van der Waals surface area contributed by atoms with Crippen LogP contribution in [0.4, 0.5) is 4.39 Å². The largest absolute Gasteiger partial charge is 0.357 e. The normalized spacial score (nSPS) is 20.2. The van der Waals surface area contributed by atoms with Crippen molar-refractivity contribution in [2.24, 2.45) is 4.99 Å². The van der Waals surface area contributed by atoms with Crippen molar-refractivity contribution in [3.8, 4) is 0 Å². The molecule has 7 heteroatoms. The Morgan fingerprint density at radius 3 is 3.00 bits per heavy atom. The second-order valence-corrected chi connectivity index (χ2v) is 7.27. The quantitative estimate of drug-likeness (QED) is 0.693. The summed E-state index contributed by atoms with van der Waals surface area (Å²) in [6.45, 7) is 0.117. The highest BCUT2D eigenvalue weighted by Crippen LogP contribution is 2.28. The van der Waals surface area contributed by atoms with E-state index < -0.39 is 0 Å². The molecule has 0 fully saturated rings. The zero-order valence-electron chi connectivity index (χ0n) is 15.7. The smallest absolute Gasteiger partial charge is 0.261 e. The van der Waals surface area contributed by atoms with Gasteiger partial charge in [0.2, 0.25) is 0 Å². The van der Waals surface area contributed by atoms with Gasteiger partial charge in [-0.1, -0.05) is 30.4 Å². The van der Waals surface area contributed by atoms with Gasteiger partial charge in [0.15, 0.2) is 0 Å². The molecular formula is C22H18FN5O. The van der Waals surface area contributed by atoms with Gasteiger partial charge in [-0.25, -0.2) is 9.37 Å². The number of benzene rings is 1. The van der Waals surface area contributed by atoms with Gasteiger partial charge in [-0.05, 0) is 23.3 Å². The van der Waals surface area contributed by atoms with Crippen molar-refractivity contribution >= 4 is 22.8 Å². The topological polar surface area (TPSA) is 63.4 Å². The summed E-state index contributed by atoms with van der Waals surface area (Å²) in [5.74, 6) is -0.350. The SMILES string of the molecule is CN1C=NC2C=CC(c3ccc(Cn4cnc5cnccc5c4=O)c(F)c3)=CC21. The van der Waals surface area contributed by atoms with Crippen molar-refractivity contribution in [1.82, 2.24) is 19.4 Å². The maximum absolute atomic E-state index is 14.8. The van der Waals surface area contributed by atoms with Gasteiger partial charge in [0.05, 0.1) is 48.4 Å². The molecule has 144 valence electrons. The lowest BCUT2D eigenvalue weighted by Crippen LogP contribution is -2.32. The molecule has 2 atom stereocenters. The van der Waals surface area contributed by atoms with E-state index in [9.17, 15) is 9.18 Å². The highest BCUT2D eigenvalue weighted by Gasteiger charge is 2.27. The third-order valence-electron chi connectivity index (χ3n) is 5.42. The molecule has 5 rings (SSSR count). The van der Waals surface area contributed by atoms with E-state index in [0.29, 0.717) is 16.5 Å². The molecule has 0 spiro atoms. The summed E-state index contributed by atoms with van der Waals surface area (Å²) in [7, 11) is 1.98. The van der Waals surface area contributed by atoms with Crippen LogP contribution in [0.3, 0.4) is 0 Å². The molecule has 3 heterocycles. The van der Waals surface area contributed by atoms with E-state index in [1.54, 1.807) is 24.5 Å². The molecule has 0 saturated heterocycles. The maximum atomic E-state index is 14.8. The van der Waals surface area contributed by atoms with Crippen LogP contribution in [0.25, 0.3) is 16.5 Å². The number of rotatable bonds is 3. The van der Waals surface area contributed by atoms with Gasteiger partial charge in [-0.2, -0.15) is 0 Å². The molecule has 29 heavy (non-hydrogen) atoms. The van der Waals surface area contributed by atoms with E-state index in [1.807, 2.05) is 36.5 Å². The number of hydrogen-bond acceptors (Lipinski definition) is 5. The molecule has 1 aliphatic carbocycles. The summed E-state index contributed by atoms with van der Waals surface area (Å²) < 4.78 is 16.3. The summed E-state index contributed by atoms with van der Waals surface area (Å²) in [5.41, 5.74) is 2.52. The number of fused-ring (bicyclic) bond motifs is 2. The Hall–Kier alpha value is -3.61. The monoisotopic (exact) mass is 387 g/mol. The van der Waals surface area contributed by atoms with Crippen molar-refractivity contribution in [2.75, 3.05) is 7.05 Å². The highest BCUT2D eigenvalue weighted by atomic mass is 19.1. The fourth-order valence-corrected chi connectivity index (χ4v) is 3.76. The van der Waals surface area contributed by atoms with Crippen molar-refractivity contribution in [1.29, 1.82) is 0 Å². The third kappa shape index (κ3) is 3.04. The summed E-state index contributed by atoms with van der Waals surface area (Å²) in [5, 5.41) is 0.467. The number of hydrogen-bond donors (Lipinski definition) is 0. The maximum Gasteiger partial charge on any atom is 0.261 e. The minimum absolute atomic E-state index is 0.117. The molecule has 6 nitrogen and oxygen atoms in total.